The third kappa shape index (κ3) is 3.35. The molecule has 1 atom stereocenters. The van der Waals surface area contributed by atoms with E-state index in [0.29, 0.717) is 19.0 Å². The van der Waals surface area contributed by atoms with Crippen LogP contribution in [0.2, 0.25) is 0 Å². The second kappa shape index (κ2) is 6.70. The van der Waals surface area contributed by atoms with E-state index in [0.717, 1.165) is 44.6 Å². The second-order valence-corrected chi connectivity index (χ2v) is 5.13. The number of piperidine rings is 1. The molecule has 0 radical (unpaired) electrons. The molecule has 106 valence electrons. The molecule has 1 fully saturated rings. The van der Waals surface area contributed by atoms with Crippen molar-refractivity contribution in [1.29, 1.82) is 0 Å². The van der Waals surface area contributed by atoms with Gasteiger partial charge in [-0.15, -0.1) is 0 Å². The number of carbonyl (C=O) groups excluding carboxylic acids is 1. The number of likely N-dealkylation sites (tertiary alicyclic amines) is 1. The molecule has 0 saturated carbocycles. The van der Waals surface area contributed by atoms with Crippen LogP contribution in [0, 0.1) is 0 Å². The minimum atomic E-state index is 0.244. The number of carbonyl (C=O) groups is 1. The van der Waals surface area contributed by atoms with Gasteiger partial charge >= 0.3 is 0 Å². The van der Waals surface area contributed by atoms with E-state index in [-0.39, 0.29) is 5.91 Å². The standard InChI is InChI=1S/C14H24N4O/c1-2-13-16-8-10-18(13)12-5-4-9-17(11-12)14(19)6-3-7-15/h8,10,12H,2-7,9,11,15H2,1H3. The summed E-state index contributed by atoms with van der Waals surface area (Å²) < 4.78 is 2.24. The van der Waals surface area contributed by atoms with Crippen LogP contribution >= 0.6 is 0 Å². The molecule has 1 aliphatic rings. The lowest BCUT2D eigenvalue weighted by Crippen LogP contribution is -2.41. The lowest BCUT2D eigenvalue weighted by atomic mass is 10.0. The van der Waals surface area contributed by atoms with Crippen molar-refractivity contribution >= 4 is 5.91 Å². The maximum atomic E-state index is 12.1. The predicted octanol–water partition coefficient (Wildman–Crippen LogP) is 1.35. The summed E-state index contributed by atoms with van der Waals surface area (Å²) in [5, 5.41) is 0. The highest BCUT2D eigenvalue weighted by Gasteiger charge is 2.25. The fourth-order valence-corrected chi connectivity index (χ4v) is 2.77. The first kappa shape index (κ1) is 14.1. The van der Waals surface area contributed by atoms with Gasteiger partial charge < -0.3 is 15.2 Å². The van der Waals surface area contributed by atoms with Gasteiger partial charge in [0.25, 0.3) is 0 Å². The summed E-state index contributed by atoms with van der Waals surface area (Å²) in [5.41, 5.74) is 5.47. The minimum Gasteiger partial charge on any atom is -0.341 e. The monoisotopic (exact) mass is 264 g/mol. The van der Waals surface area contributed by atoms with Crippen LogP contribution in [0.15, 0.2) is 12.4 Å². The van der Waals surface area contributed by atoms with E-state index in [9.17, 15) is 4.79 Å². The van der Waals surface area contributed by atoms with Gasteiger partial charge in [0, 0.05) is 38.3 Å². The number of hydrogen-bond donors (Lipinski definition) is 1. The van der Waals surface area contributed by atoms with Crippen molar-refractivity contribution < 1.29 is 4.79 Å². The Morgan fingerprint density at radius 3 is 3.16 bits per heavy atom. The van der Waals surface area contributed by atoms with Gasteiger partial charge in [-0.3, -0.25) is 4.79 Å². The lowest BCUT2D eigenvalue weighted by Gasteiger charge is -2.34. The van der Waals surface area contributed by atoms with Crippen LogP contribution in [-0.2, 0) is 11.2 Å². The Morgan fingerprint density at radius 1 is 1.58 bits per heavy atom. The molecular formula is C14H24N4O. The second-order valence-electron chi connectivity index (χ2n) is 5.13. The molecule has 1 aromatic rings. The molecule has 0 aliphatic carbocycles. The van der Waals surface area contributed by atoms with Crippen LogP contribution in [0.3, 0.4) is 0 Å². The maximum Gasteiger partial charge on any atom is 0.222 e. The Kier molecular flexibility index (Phi) is 4.96. The third-order valence-electron chi connectivity index (χ3n) is 3.80. The van der Waals surface area contributed by atoms with Gasteiger partial charge in [-0.1, -0.05) is 6.92 Å². The SMILES string of the molecule is CCc1nccn1C1CCCN(C(=O)CCCN)C1. The average molecular weight is 264 g/mol. The number of nitrogens with zero attached hydrogens (tertiary/aromatic N) is 3. The Balaban J connectivity index is 1.99. The Labute approximate surface area is 114 Å². The van der Waals surface area contributed by atoms with E-state index in [2.05, 4.69) is 16.5 Å². The molecule has 1 aliphatic heterocycles. The number of aromatic nitrogens is 2. The fraction of sp³-hybridized carbons (Fsp3) is 0.714. The number of hydrogen-bond acceptors (Lipinski definition) is 3. The highest BCUT2D eigenvalue weighted by atomic mass is 16.2. The molecule has 5 heteroatoms. The van der Waals surface area contributed by atoms with E-state index in [4.69, 9.17) is 5.73 Å². The number of aryl methyl sites for hydroxylation is 1. The summed E-state index contributed by atoms with van der Waals surface area (Å²) in [4.78, 5) is 18.4. The molecule has 2 heterocycles. The van der Waals surface area contributed by atoms with Crippen LogP contribution < -0.4 is 5.73 Å². The predicted molar refractivity (Wildman–Crippen MR) is 74.7 cm³/mol. The molecular weight excluding hydrogens is 240 g/mol. The highest BCUT2D eigenvalue weighted by molar-refractivity contribution is 5.76. The smallest absolute Gasteiger partial charge is 0.222 e. The van der Waals surface area contributed by atoms with Gasteiger partial charge in [0.2, 0.25) is 5.91 Å². The molecule has 1 amide bonds. The summed E-state index contributed by atoms with van der Waals surface area (Å²) in [6.45, 7) is 4.40. The van der Waals surface area contributed by atoms with Crippen LogP contribution in [-0.4, -0.2) is 40.0 Å². The molecule has 1 saturated heterocycles. The molecule has 1 aromatic heterocycles. The van der Waals surface area contributed by atoms with E-state index in [1.807, 2.05) is 17.3 Å². The van der Waals surface area contributed by atoms with Crippen LogP contribution in [0.4, 0.5) is 0 Å². The molecule has 5 nitrogen and oxygen atoms in total. The Bertz CT molecular complexity index is 415. The molecule has 2 N–H and O–H groups in total. The van der Waals surface area contributed by atoms with Gasteiger partial charge in [-0.05, 0) is 25.8 Å². The highest BCUT2D eigenvalue weighted by Crippen LogP contribution is 2.23. The zero-order valence-corrected chi connectivity index (χ0v) is 11.7. The van der Waals surface area contributed by atoms with Gasteiger partial charge in [0.15, 0.2) is 0 Å². The minimum absolute atomic E-state index is 0.244. The van der Waals surface area contributed by atoms with Crippen LogP contribution in [0.25, 0.3) is 0 Å². The summed E-state index contributed by atoms with van der Waals surface area (Å²) in [7, 11) is 0. The molecule has 19 heavy (non-hydrogen) atoms. The first-order valence-corrected chi connectivity index (χ1v) is 7.25. The lowest BCUT2D eigenvalue weighted by molar-refractivity contribution is -0.132. The summed E-state index contributed by atoms with van der Waals surface area (Å²) in [5.74, 6) is 1.36. The number of rotatable bonds is 5. The van der Waals surface area contributed by atoms with Crippen molar-refractivity contribution in [3.8, 4) is 0 Å². The fourth-order valence-electron chi connectivity index (χ4n) is 2.77. The quantitative estimate of drug-likeness (QED) is 0.873. The van der Waals surface area contributed by atoms with E-state index >= 15 is 0 Å². The maximum absolute atomic E-state index is 12.1. The van der Waals surface area contributed by atoms with Crippen molar-refractivity contribution in [3.05, 3.63) is 18.2 Å². The zero-order valence-electron chi connectivity index (χ0n) is 11.7. The number of nitrogens with two attached hydrogens (primary N) is 1. The van der Waals surface area contributed by atoms with Gasteiger partial charge in [-0.2, -0.15) is 0 Å². The summed E-state index contributed by atoms with van der Waals surface area (Å²) in [6, 6.07) is 0.382. The van der Waals surface area contributed by atoms with Crippen molar-refractivity contribution in [1.82, 2.24) is 14.5 Å². The Hall–Kier alpha value is -1.36. The van der Waals surface area contributed by atoms with Crippen LogP contribution in [0.1, 0.15) is 44.5 Å². The van der Waals surface area contributed by atoms with E-state index in [1.54, 1.807) is 0 Å². The zero-order chi connectivity index (χ0) is 13.7. The molecule has 1 unspecified atom stereocenters. The number of amides is 1. The van der Waals surface area contributed by atoms with Gasteiger partial charge in [0.1, 0.15) is 5.82 Å². The molecule has 0 bridgehead atoms. The first-order valence-electron chi connectivity index (χ1n) is 7.25. The third-order valence-corrected chi connectivity index (χ3v) is 3.80. The topological polar surface area (TPSA) is 64.2 Å². The largest absolute Gasteiger partial charge is 0.341 e. The number of imidazole rings is 1. The summed E-state index contributed by atoms with van der Waals surface area (Å²) in [6.07, 6.45) is 8.39. The average Bonchev–Trinajstić information content (AvgIpc) is 2.93. The van der Waals surface area contributed by atoms with E-state index in [1.165, 1.54) is 0 Å². The summed E-state index contributed by atoms with van der Waals surface area (Å²) >= 11 is 0. The van der Waals surface area contributed by atoms with Crippen molar-refractivity contribution in [3.63, 3.8) is 0 Å². The first-order chi connectivity index (χ1) is 9.26. The van der Waals surface area contributed by atoms with Crippen molar-refractivity contribution in [2.45, 2.75) is 45.1 Å². The van der Waals surface area contributed by atoms with E-state index < -0.39 is 0 Å². The Morgan fingerprint density at radius 2 is 2.42 bits per heavy atom. The molecule has 0 aromatic carbocycles. The van der Waals surface area contributed by atoms with Gasteiger partial charge in [0.05, 0.1) is 6.04 Å². The normalized spacial score (nSPS) is 19.7. The van der Waals surface area contributed by atoms with Crippen molar-refractivity contribution in [2.24, 2.45) is 5.73 Å². The molecule has 0 spiro atoms. The van der Waals surface area contributed by atoms with Crippen LogP contribution in [0.5, 0.6) is 0 Å². The van der Waals surface area contributed by atoms with Crippen molar-refractivity contribution in [2.75, 3.05) is 19.6 Å². The molecule has 2 rings (SSSR count). The van der Waals surface area contributed by atoms with Gasteiger partial charge in [-0.25, -0.2) is 4.98 Å².